The standard InChI is InChI=1S/C17H11ClN2O3/c18-13-6-3-4-11(8-13)10-19-20-16(21)14-9-12-5-1-2-7-15(12)23-17(14)22/h1-10H,(H,20,21)/b19-10+. The van der Waals surface area contributed by atoms with E-state index in [-0.39, 0.29) is 5.56 Å². The highest BCUT2D eigenvalue weighted by Gasteiger charge is 2.12. The van der Waals surface area contributed by atoms with E-state index < -0.39 is 11.5 Å². The van der Waals surface area contributed by atoms with E-state index in [9.17, 15) is 9.59 Å². The van der Waals surface area contributed by atoms with Gasteiger partial charge in [-0.15, -0.1) is 0 Å². The van der Waals surface area contributed by atoms with Gasteiger partial charge in [-0.3, -0.25) is 4.79 Å². The molecule has 1 amide bonds. The Hall–Kier alpha value is -2.92. The summed E-state index contributed by atoms with van der Waals surface area (Å²) in [5.41, 5.74) is 2.64. The highest BCUT2D eigenvalue weighted by atomic mass is 35.5. The Bertz CT molecular complexity index is 963. The van der Waals surface area contributed by atoms with Crippen LogP contribution < -0.4 is 11.1 Å². The molecular weight excluding hydrogens is 316 g/mol. The van der Waals surface area contributed by atoms with Crippen molar-refractivity contribution in [1.82, 2.24) is 5.43 Å². The summed E-state index contributed by atoms with van der Waals surface area (Å²) in [5, 5.41) is 5.04. The quantitative estimate of drug-likeness (QED) is 0.456. The molecular formula is C17H11ClN2O3. The SMILES string of the molecule is O=C(N/N=C/c1cccc(Cl)c1)c1cc2ccccc2oc1=O. The van der Waals surface area contributed by atoms with Crippen molar-refractivity contribution in [2.75, 3.05) is 0 Å². The summed E-state index contributed by atoms with van der Waals surface area (Å²) in [7, 11) is 0. The summed E-state index contributed by atoms with van der Waals surface area (Å²) in [6.45, 7) is 0. The van der Waals surface area contributed by atoms with Crippen LogP contribution >= 0.6 is 11.6 Å². The van der Waals surface area contributed by atoms with Crippen molar-refractivity contribution in [3.05, 3.63) is 81.2 Å². The third-order valence-corrected chi connectivity index (χ3v) is 3.35. The maximum absolute atomic E-state index is 12.1. The van der Waals surface area contributed by atoms with Gasteiger partial charge in [-0.2, -0.15) is 5.10 Å². The van der Waals surface area contributed by atoms with Gasteiger partial charge in [0.1, 0.15) is 11.1 Å². The Morgan fingerprint density at radius 1 is 1.13 bits per heavy atom. The highest BCUT2D eigenvalue weighted by Crippen LogP contribution is 2.12. The number of amides is 1. The van der Waals surface area contributed by atoms with Crippen LogP contribution in [0.2, 0.25) is 5.02 Å². The molecule has 0 aliphatic rings. The first-order chi connectivity index (χ1) is 11.1. The molecule has 0 radical (unpaired) electrons. The minimum atomic E-state index is -0.709. The number of rotatable bonds is 3. The number of halogens is 1. The van der Waals surface area contributed by atoms with E-state index in [1.54, 1.807) is 48.5 Å². The lowest BCUT2D eigenvalue weighted by molar-refractivity contribution is 0.0951. The maximum Gasteiger partial charge on any atom is 0.349 e. The van der Waals surface area contributed by atoms with Crippen LogP contribution in [0.15, 0.2) is 68.9 Å². The summed E-state index contributed by atoms with van der Waals surface area (Å²) >= 11 is 5.86. The largest absolute Gasteiger partial charge is 0.422 e. The Labute approximate surface area is 136 Å². The average Bonchev–Trinajstić information content (AvgIpc) is 2.54. The number of benzene rings is 2. The second-order valence-corrected chi connectivity index (χ2v) is 5.18. The second-order valence-electron chi connectivity index (χ2n) is 4.74. The van der Waals surface area contributed by atoms with Gasteiger partial charge in [0.15, 0.2) is 0 Å². The van der Waals surface area contributed by atoms with Crippen LogP contribution in [0.25, 0.3) is 11.0 Å². The van der Waals surface area contributed by atoms with E-state index in [0.717, 1.165) is 5.56 Å². The molecule has 0 aliphatic heterocycles. The zero-order chi connectivity index (χ0) is 16.2. The molecule has 1 N–H and O–H groups in total. The lowest BCUT2D eigenvalue weighted by Gasteiger charge is -2.01. The molecule has 5 nitrogen and oxygen atoms in total. The van der Waals surface area contributed by atoms with Gasteiger partial charge in [-0.05, 0) is 29.8 Å². The van der Waals surface area contributed by atoms with Crippen molar-refractivity contribution in [3.8, 4) is 0 Å². The predicted octanol–water partition coefficient (Wildman–Crippen LogP) is 3.21. The summed E-state index contributed by atoms with van der Waals surface area (Å²) in [6.07, 6.45) is 1.44. The molecule has 0 aliphatic carbocycles. The summed E-state index contributed by atoms with van der Waals surface area (Å²) < 4.78 is 5.11. The monoisotopic (exact) mass is 326 g/mol. The van der Waals surface area contributed by atoms with Crippen molar-refractivity contribution >= 4 is 34.7 Å². The lowest BCUT2D eigenvalue weighted by Crippen LogP contribution is -2.24. The topological polar surface area (TPSA) is 71.7 Å². The molecule has 0 fully saturated rings. The van der Waals surface area contributed by atoms with E-state index >= 15 is 0 Å². The number of nitrogens with zero attached hydrogens (tertiary/aromatic N) is 1. The van der Waals surface area contributed by atoms with Gasteiger partial charge in [0.2, 0.25) is 0 Å². The first-order valence-corrected chi connectivity index (χ1v) is 7.13. The molecule has 0 bridgehead atoms. The number of carbonyl (C=O) groups excluding carboxylic acids is 1. The van der Waals surface area contributed by atoms with Gasteiger partial charge >= 0.3 is 5.63 Å². The third kappa shape index (κ3) is 3.46. The molecule has 6 heteroatoms. The fraction of sp³-hybridized carbons (Fsp3) is 0. The van der Waals surface area contributed by atoms with Crippen LogP contribution in [0.3, 0.4) is 0 Å². The van der Waals surface area contributed by atoms with E-state index in [1.165, 1.54) is 12.3 Å². The average molecular weight is 327 g/mol. The molecule has 1 heterocycles. The van der Waals surface area contributed by atoms with Gasteiger partial charge < -0.3 is 4.42 Å². The zero-order valence-corrected chi connectivity index (χ0v) is 12.6. The van der Waals surface area contributed by atoms with Crippen LogP contribution in [0, 0.1) is 0 Å². The van der Waals surface area contributed by atoms with Crippen molar-refractivity contribution in [2.45, 2.75) is 0 Å². The fourth-order valence-electron chi connectivity index (χ4n) is 2.03. The number of hydrazone groups is 1. The first-order valence-electron chi connectivity index (χ1n) is 6.75. The van der Waals surface area contributed by atoms with Gasteiger partial charge in [-0.25, -0.2) is 10.2 Å². The lowest BCUT2D eigenvalue weighted by atomic mass is 10.2. The molecule has 114 valence electrons. The van der Waals surface area contributed by atoms with E-state index in [4.69, 9.17) is 16.0 Å². The van der Waals surface area contributed by atoms with E-state index in [0.29, 0.717) is 16.0 Å². The predicted molar refractivity (Wildman–Crippen MR) is 89.0 cm³/mol. The molecule has 2 aromatic carbocycles. The van der Waals surface area contributed by atoms with Crippen LogP contribution in [-0.2, 0) is 0 Å². The number of hydrogen-bond donors (Lipinski definition) is 1. The Kier molecular flexibility index (Phi) is 4.21. The molecule has 0 saturated heterocycles. The minimum Gasteiger partial charge on any atom is -0.422 e. The molecule has 1 aromatic heterocycles. The second kappa shape index (κ2) is 6.46. The Morgan fingerprint density at radius 3 is 2.78 bits per heavy atom. The normalized spacial score (nSPS) is 11.0. The molecule has 0 saturated carbocycles. The van der Waals surface area contributed by atoms with Crippen LogP contribution in [0.4, 0.5) is 0 Å². The molecule has 3 rings (SSSR count). The van der Waals surface area contributed by atoms with Crippen molar-refractivity contribution in [3.63, 3.8) is 0 Å². The number of para-hydroxylation sites is 1. The van der Waals surface area contributed by atoms with Crippen molar-refractivity contribution < 1.29 is 9.21 Å². The summed E-state index contributed by atoms with van der Waals surface area (Å²) in [6, 6.07) is 15.4. The van der Waals surface area contributed by atoms with Gasteiger partial charge in [0, 0.05) is 10.4 Å². The van der Waals surface area contributed by atoms with Gasteiger partial charge in [-0.1, -0.05) is 41.9 Å². The smallest absolute Gasteiger partial charge is 0.349 e. The summed E-state index contributed by atoms with van der Waals surface area (Å²) in [4.78, 5) is 23.9. The Morgan fingerprint density at radius 2 is 1.96 bits per heavy atom. The Balaban J connectivity index is 1.81. The van der Waals surface area contributed by atoms with E-state index in [1.807, 2.05) is 0 Å². The van der Waals surface area contributed by atoms with Crippen LogP contribution in [0.1, 0.15) is 15.9 Å². The summed E-state index contributed by atoms with van der Waals surface area (Å²) in [5.74, 6) is -0.636. The maximum atomic E-state index is 12.1. The van der Waals surface area contributed by atoms with Crippen LogP contribution in [0.5, 0.6) is 0 Å². The minimum absolute atomic E-state index is 0.105. The van der Waals surface area contributed by atoms with E-state index in [2.05, 4.69) is 10.5 Å². The molecule has 23 heavy (non-hydrogen) atoms. The number of nitrogens with one attached hydrogen (secondary N) is 1. The third-order valence-electron chi connectivity index (χ3n) is 3.11. The van der Waals surface area contributed by atoms with Gasteiger partial charge in [0.25, 0.3) is 5.91 Å². The van der Waals surface area contributed by atoms with Crippen molar-refractivity contribution in [1.29, 1.82) is 0 Å². The molecule has 0 atom stereocenters. The number of hydrogen-bond acceptors (Lipinski definition) is 4. The number of carbonyl (C=O) groups is 1. The van der Waals surface area contributed by atoms with Crippen LogP contribution in [-0.4, -0.2) is 12.1 Å². The van der Waals surface area contributed by atoms with Gasteiger partial charge in [0.05, 0.1) is 6.21 Å². The molecule has 0 spiro atoms. The molecule has 0 unspecified atom stereocenters. The zero-order valence-electron chi connectivity index (χ0n) is 11.8. The first kappa shape index (κ1) is 15.0. The highest BCUT2D eigenvalue weighted by molar-refractivity contribution is 6.30. The molecule has 3 aromatic rings. The fourth-order valence-corrected chi connectivity index (χ4v) is 2.23. The number of fused-ring (bicyclic) bond motifs is 1. The van der Waals surface area contributed by atoms with Crippen molar-refractivity contribution in [2.24, 2.45) is 5.10 Å².